The SMILES string of the molecule is CC1(C)N=C(c2cnc3ccccc3c2)c2cc(Cl)cc(Cl)c2C1(F)F. The van der Waals surface area contributed by atoms with Crippen molar-refractivity contribution < 1.29 is 8.78 Å². The molecule has 26 heavy (non-hydrogen) atoms. The standard InChI is InChI=1S/C20H14Cl2F2N2/c1-19(2)20(23,24)17-14(8-13(21)9-15(17)22)18(26-19)12-7-11-5-3-4-6-16(11)25-10-12/h3-10H,1-2H3. The number of rotatable bonds is 1. The van der Waals surface area contributed by atoms with Crippen LogP contribution in [0.3, 0.4) is 0 Å². The first-order chi connectivity index (χ1) is 12.2. The molecule has 2 nitrogen and oxygen atoms in total. The zero-order chi connectivity index (χ0) is 18.7. The zero-order valence-corrected chi connectivity index (χ0v) is 15.5. The highest BCUT2D eigenvalue weighted by atomic mass is 35.5. The van der Waals surface area contributed by atoms with Gasteiger partial charge >= 0.3 is 0 Å². The Bertz CT molecular complexity index is 1070. The van der Waals surface area contributed by atoms with Gasteiger partial charge in [0.05, 0.1) is 21.8 Å². The first-order valence-corrected chi connectivity index (χ1v) is 8.79. The van der Waals surface area contributed by atoms with Crippen molar-refractivity contribution in [1.82, 2.24) is 4.98 Å². The summed E-state index contributed by atoms with van der Waals surface area (Å²) in [5.74, 6) is -3.22. The minimum atomic E-state index is -3.22. The molecule has 1 aliphatic heterocycles. The third-order valence-electron chi connectivity index (χ3n) is 4.65. The zero-order valence-electron chi connectivity index (χ0n) is 14.0. The van der Waals surface area contributed by atoms with Crippen LogP contribution in [-0.4, -0.2) is 16.2 Å². The fraction of sp³-hybridized carbons (Fsp3) is 0.200. The van der Waals surface area contributed by atoms with E-state index in [1.165, 1.54) is 26.0 Å². The fourth-order valence-electron chi connectivity index (χ4n) is 3.22. The van der Waals surface area contributed by atoms with Crippen molar-refractivity contribution in [3.8, 4) is 0 Å². The molecule has 1 aromatic heterocycles. The quantitative estimate of drug-likeness (QED) is 0.481. The number of aliphatic imine (C=N–C) groups is 1. The van der Waals surface area contributed by atoms with Crippen molar-refractivity contribution in [2.45, 2.75) is 25.3 Å². The summed E-state index contributed by atoms with van der Waals surface area (Å²) in [7, 11) is 0. The lowest BCUT2D eigenvalue weighted by molar-refractivity contribution is -0.0680. The van der Waals surface area contributed by atoms with E-state index >= 15 is 8.78 Å². The van der Waals surface area contributed by atoms with Crippen LogP contribution in [-0.2, 0) is 5.92 Å². The van der Waals surface area contributed by atoms with Gasteiger partial charge in [0, 0.05) is 27.7 Å². The maximum absolute atomic E-state index is 15.1. The van der Waals surface area contributed by atoms with Crippen LogP contribution in [0.4, 0.5) is 8.78 Å². The molecule has 6 heteroatoms. The van der Waals surface area contributed by atoms with Crippen molar-refractivity contribution in [1.29, 1.82) is 0 Å². The summed E-state index contributed by atoms with van der Waals surface area (Å²) >= 11 is 12.3. The molecule has 0 N–H and O–H groups in total. The third-order valence-corrected chi connectivity index (χ3v) is 5.16. The molecule has 0 unspecified atom stereocenters. The predicted octanol–water partition coefficient (Wildman–Crippen LogP) is 6.26. The summed E-state index contributed by atoms with van der Waals surface area (Å²) in [4.78, 5) is 8.80. The van der Waals surface area contributed by atoms with Gasteiger partial charge in [-0.15, -0.1) is 0 Å². The van der Waals surface area contributed by atoms with Gasteiger partial charge in [-0.1, -0.05) is 41.4 Å². The van der Waals surface area contributed by atoms with Crippen molar-refractivity contribution >= 4 is 39.8 Å². The lowest BCUT2D eigenvalue weighted by Gasteiger charge is -2.37. The molecule has 0 saturated heterocycles. The molecule has 0 aliphatic carbocycles. The van der Waals surface area contributed by atoms with Gasteiger partial charge in [-0.25, -0.2) is 0 Å². The first kappa shape index (κ1) is 17.4. The normalized spacial score (nSPS) is 17.7. The first-order valence-electron chi connectivity index (χ1n) is 8.03. The molecular formula is C20H14Cl2F2N2. The van der Waals surface area contributed by atoms with Gasteiger partial charge in [-0.3, -0.25) is 9.98 Å². The minimum absolute atomic E-state index is 0.0632. The molecule has 0 saturated carbocycles. The van der Waals surface area contributed by atoms with Crippen molar-refractivity contribution in [3.63, 3.8) is 0 Å². The Labute approximate surface area is 159 Å². The van der Waals surface area contributed by atoms with Crippen LogP contribution >= 0.6 is 23.2 Å². The summed E-state index contributed by atoms with van der Waals surface area (Å²) < 4.78 is 30.1. The second-order valence-electron chi connectivity index (χ2n) is 6.82. The topological polar surface area (TPSA) is 25.2 Å². The fourth-order valence-corrected chi connectivity index (χ4v) is 3.83. The second kappa shape index (κ2) is 5.73. The van der Waals surface area contributed by atoms with Crippen LogP contribution in [0.15, 0.2) is 53.7 Å². The second-order valence-corrected chi connectivity index (χ2v) is 7.66. The van der Waals surface area contributed by atoms with E-state index in [1.54, 1.807) is 6.20 Å². The minimum Gasteiger partial charge on any atom is -0.271 e. The molecule has 2 aromatic carbocycles. The van der Waals surface area contributed by atoms with Gasteiger partial charge in [-0.2, -0.15) is 8.78 Å². The monoisotopic (exact) mass is 390 g/mol. The van der Waals surface area contributed by atoms with Crippen LogP contribution in [0.1, 0.15) is 30.5 Å². The maximum Gasteiger partial charge on any atom is 0.299 e. The third kappa shape index (κ3) is 2.51. The number of alkyl halides is 2. The van der Waals surface area contributed by atoms with E-state index in [-0.39, 0.29) is 21.2 Å². The van der Waals surface area contributed by atoms with E-state index in [1.807, 2.05) is 30.3 Å². The van der Waals surface area contributed by atoms with E-state index in [2.05, 4.69) is 9.98 Å². The number of para-hydroxylation sites is 1. The lowest BCUT2D eigenvalue weighted by atomic mass is 9.81. The van der Waals surface area contributed by atoms with Crippen molar-refractivity contribution in [2.75, 3.05) is 0 Å². The van der Waals surface area contributed by atoms with E-state index in [0.29, 0.717) is 11.3 Å². The van der Waals surface area contributed by atoms with Crippen LogP contribution in [0, 0.1) is 0 Å². The number of nitrogens with zero attached hydrogens (tertiary/aromatic N) is 2. The highest BCUT2D eigenvalue weighted by molar-refractivity contribution is 6.36. The summed E-state index contributed by atoms with van der Waals surface area (Å²) in [5, 5.41) is 1.12. The highest BCUT2D eigenvalue weighted by Crippen LogP contribution is 2.50. The Kier molecular flexibility index (Phi) is 3.83. The Balaban J connectivity index is 2.03. The van der Waals surface area contributed by atoms with E-state index in [9.17, 15) is 0 Å². The van der Waals surface area contributed by atoms with Crippen LogP contribution < -0.4 is 0 Å². The number of hydrogen-bond donors (Lipinski definition) is 0. The molecule has 0 amide bonds. The molecule has 0 atom stereocenters. The van der Waals surface area contributed by atoms with Gasteiger partial charge in [0.2, 0.25) is 0 Å². The molecule has 1 aliphatic rings. The highest BCUT2D eigenvalue weighted by Gasteiger charge is 2.54. The van der Waals surface area contributed by atoms with Crippen LogP contribution in [0.25, 0.3) is 10.9 Å². The molecule has 0 bridgehead atoms. The van der Waals surface area contributed by atoms with E-state index in [4.69, 9.17) is 23.2 Å². The number of aromatic nitrogens is 1. The average Bonchev–Trinajstić information content (AvgIpc) is 2.57. The smallest absolute Gasteiger partial charge is 0.271 e. The van der Waals surface area contributed by atoms with E-state index < -0.39 is 11.5 Å². The number of halogens is 4. The molecule has 3 aromatic rings. The van der Waals surface area contributed by atoms with Crippen molar-refractivity contribution in [2.24, 2.45) is 4.99 Å². The van der Waals surface area contributed by atoms with Crippen molar-refractivity contribution in [3.05, 3.63) is 75.4 Å². The van der Waals surface area contributed by atoms with E-state index in [0.717, 1.165) is 10.9 Å². The number of fused-ring (bicyclic) bond motifs is 2. The Hall–Kier alpha value is -2.04. The Morgan fingerprint density at radius 2 is 1.73 bits per heavy atom. The maximum atomic E-state index is 15.1. The molecule has 0 radical (unpaired) electrons. The Morgan fingerprint density at radius 1 is 1.00 bits per heavy atom. The summed E-state index contributed by atoms with van der Waals surface area (Å²) in [5.41, 5.74) is 0.223. The van der Waals surface area contributed by atoms with Crippen LogP contribution in [0.2, 0.25) is 10.0 Å². The molecule has 2 heterocycles. The summed E-state index contributed by atoms with van der Waals surface area (Å²) in [6.07, 6.45) is 1.64. The molecule has 132 valence electrons. The largest absolute Gasteiger partial charge is 0.299 e. The molecular weight excluding hydrogens is 377 g/mol. The summed E-state index contributed by atoms with van der Waals surface area (Å²) in [6.45, 7) is 2.80. The van der Waals surface area contributed by atoms with Gasteiger partial charge in [0.15, 0.2) is 0 Å². The lowest BCUT2D eigenvalue weighted by Crippen LogP contribution is -2.44. The number of benzene rings is 2. The molecule has 0 fully saturated rings. The van der Waals surface area contributed by atoms with Gasteiger partial charge in [-0.05, 0) is 38.1 Å². The number of pyridine rings is 1. The van der Waals surface area contributed by atoms with Gasteiger partial charge in [0.1, 0.15) is 5.54 Å². The predicted molar refractivity (Wildman–Crippen MR) is 102 cm³/mol. The average molecular weight is 391 g/mol. The Morgan fingerprint density at radius 3 is 2.50 bits per heavy atom. The number of hydrogen-bond acceptors (Lipinski definition) is 2. The van der Waals surface area contributed by atoms with Crippen LogP contribution in [0.5, 0.6) is 0 Å². The molecule has 0 spiro atoms. The van der Waals surface area contributed by atoms with Gasteiger partial charge < -0.3 is 0 Å². The summed E-state index contributed by atoms with van der Waals surface area (Å²) in [6, 6.07) is 12.3. The molecule has 4 rings (SSSR count). The van der Waals surface area contributed by atoms with Gasteiger partial charge in [0.25, 0.3) is 5.92 Å².